The Labute approximate surface area is 64.7 Å². The van der Waals surface area contributed by atoms with Gasteiger partial charge in [-0.3, -0.25) is 4.52 Å². The van der Waals surface area contributed by atoms with Crippen LogP contribution in [-0.4, -0.2) is 30.8 Å². The molecule has 0 spiro atoms. The maximum Gasteiger partial charge on any atom is 0.417 e. The van der Waals surface area contributed by atoms with Crippen molar-refractivity contribution < 1.29 is 9.26 Å². The highest BCUT2D eigenvalue weighted by atomic mass is 16.6. The molecule has 1 N–H and O–H groups in total. The monoisotopic (exact) mass is 157 g/mol. The van der Waals surface area contributed by atoms with Crippen LogP contribution in [0.4, 0.5) is 0 Å². The maximum atomic E-state index is 4.71. The fourth-order valence-electron chi connectivity index (χ4n) is 0.659. The molecule has 0 saturated carbocycles. The van der Waals surface area contributed by atoms with Crippen LogP contribution in [-0.2, 0) is 6.42 Å². The summed E-state index contributed by atoms with van der Waals surface area (Å²) in [5.41, 5.74) is 0. The number of nitrogens with zero attached hydrogens (tertiary/aromatic N) is 2. The fraction of sp³-hybridized carbons (Fsp3) is 0.667. The van der Waals surface area contributed by atoms with Crippen LogP contribution in [0.5, 0.6) is 6.08 Å². The van der Waals surface area contributed by atoms with E-state index < -0.39 is 0 Å². The molecule has 1 heterocycles. The normalized spacial score (nSPS) is 10.0. The van der Waals surface area contributed by atoms with E-state index >= 15 is 0 Å². The first kappa shape index (κ1) is 8.00. The molecule has 1 aromatic heterocycles. The van der Waals surface area contributed by atoms with Crippen molar-refractivity contribution in [3.63, 3.8) is 0 Å². The summed E-state index contributed by atoms with van der Waals surface area (Å²) in [4.78, 5) is 3.93. The summed E-state index contributed by atoms with van der Waals surface area (Å²) >= 11 is 0. The Morgan fingerprint density at radius 1 is 1.64 bits per heavy atom. The summed E-state index contributed by atoms with van der Waals surface area (Å²) in [7, 11) is 3.37. The summed E-state index contributed by atoms with van der Waals surface area (Å²) in [6.45, 7) is 0.836. The fourth-order valence-corrected chi connectivity index (χ4v) is 0.659. The third-order valence-corrected chi connectivity index (χ3v) is 1.22. The van der Waals surface area contributed by atoms with E-state index in [2.05, 4.69) is 15.5 Å². The molecule has 62 valence electrons. The van der Waals surface area contributed by atoms with Crippen molar-refractivity contribution in [2.45, 2.75) is 6.42 Å². The lowest BCUT2D eigenvalue weighted by Crippen LogP contribution is -2.10. The zero-order chi connectivity index (χ0) is 8.10. The number of nitrogens with one attached hydrogen (secondary N) is 1. The Kier molecular flexibility index (Phi) is 2.85. The Bertz CT molecular complexity index is 211. The van der Waals surface area contributed by atoms with Gasteiger partial charge in [0.05, 0.1) is 7.11 Å². The van der Waals surface area contributed by atoms with E-state index in [4.69, 9.17) is 9.26 Å². The molecule has 5 heteroatoms. The lowest BCUT2D eigenvalue weighted by atomic mass is 10.4. The van der Waals surface area contributed by atoms with Crippen molar-refractivity contribution in [1.29, 1.82) is 0 Å². The molecule has 11 heavy (non-hydrogen) atoms. The second-order valence-corrected chi connectivity index (χ2v) is 2.03. The molecule has 1 aromatic rings. The van der Waals surface area contributed by atoms with Crippen LogP contribution in [0.25, 0.3) is 0 Å². The van der Waals surface area contributed by atoms with E-state index in [1.165, 1.54) is 7.11 Å². The molecule has 0 unspecified atom stereocenters. The van der Waals surface area contributed by atoms with Gasteiger partial charge in [-0.15, -0.1) is 0 Å². The molecule has 0 atom stereocenters. The Balaban J connectivity index is 2.44. The average Bonchev–Trinajstić information content (AvgIpc) is 2.48. The first-order chi connectivity index (χ1) is 5.36. The summed E-state index contributed by atoms with van der Waals surface area (Å²) in [6.07, 6.45) is 0.972. The van der Waals surface area contributed by atoms with E-state index in [0.29, 0.717) is 5.82 Å². The molecule has 0 saturated heterocycles. The van der Waals surface area contributed by atoms with Crippen LogP contribution in [0.1, 0.15) is 5.82 Å². The molecule has 0 aromatic carbocycles. The summed E-state index contributed by atoms with van der Waals surface area (Å²) < 4.78 is 9.41. The lowest BCUT2D eigenvalue weighted by Gasteiger charge is -1.90. The van der Waals surface area contributed by atoms with Gasteiger partial charge in [0.25, 0.3) is 0 Å². The molecule has 1 rings (SSSR count). The number of rotatable bonds is 4. The van der Waals surface area contributed by atoms with Gasteiger partial charge in [0.2, 0.25) is 0 Å². The number of hydrogen-bond donors (Lipinski definition) is 1. The first-order valence-corrected chi connectivity index (χ1v) is 3.38. The van der Waals surface area contributed by atoms with Gasteiger partial charge in [-0.05, 0) is 7.05 Å². The van der Waals surface area contributed by atoms with Crippen LogP contribution in [0.2, 0.25) is 0 Å². The van der Waals surface area contributed by atoms with E-state index in [1.54, 1.807) is 0 Å². The molecule has 0 aliphatic carbocycles. The lowest BCUT2D eigenvalue weighted by molar-refractivity contribution is 0.250. The van der Waals surface area contributed by atoms with Crippen LogP contribution in [0.15, 0.2) is 4.52 Å². The minimum atomic E-state index is 0.219. The van der Waals surface area contributed by atoms with Crippen molar-refractivity contribution in [3.05, 3.63) is 5.82 Å². The van der Waals surface area contributed by atoms with Gasteiger partial charge in [0.15, 0.2) is 5.82 Å². The SMILES string of the molecule is CNCCc1noc(OC)n1. The minimum absolute atomic E-state index is 0.219. The first-order valence-electron chi connectivity index (χ1n) is 3.38. The van der Waals surface area contributed by atoms with Crippen LogP contribution < -0.4 is 10.1 Å². The maximum absolute atomic E-state index is 4.71. The number of aromatic nitrogens is 2. The predicted molar refractivity (Wildman–Crippen MR) is 38.5 cm³/mol. The average molecular weight is 157 g/mol. The highest BCUT2D eigenvalue weighted by molar-refractivity contribution is 4.89. The van der Waals surface area contributed by atoms with Crippen LogP contribution in [0, 0.1) is 0 Å². The highest BCUT2D eigenvalue weighted by Crippen LogP contribution is 2.04. The van der Waals surface area contributed by atoms with Gasteiger partial charge in [0.1, 0.15) is 0 Å². The smallest absolute Gasteiger partial charge is 0.417 e. The molecule has 0 bridgehead atoms. The number of hydrogen-bond acceptors (Lipinski definition) is 5. The van der Waals surface area contributed by atoms with Gasteiger partial charge in [-0.25, -0.2) is 0 Å². The second kappa shape index (κ2) is 3.92. The summed E-state index contributed by atoms with van der Waals surface area (Å²) in [5.74, 6) is 0.663. The van der Waals surface area contributed by atoms with Crippen molar-refractivity contribution in [2.24, 2.45) is 0 Å². The van der Waals surface area contributed by atoms with Crippen molar-refractivity contribution in [2.75, 3.05) is 20.7 Å². The second-order valence-electron chi connectivity index (χ2n) is 2.03. The number of ether oxygens (including phenoxy) is 1. The molecule has 0 radical (unpaired) electrons. The van der Waals surface area contributed by atoms with Crippen LogP contribution in [0.3, 0.4) is 0 Å². The Hall–Kier alpha value is -1.10. The van der Waals surface area contributed by atoms with Crippen molar-refractivity contribution >= 4 is 0 Å². The van der Waals surface area contributed by atoms with Gasteiger partial charge in [-0.1, -0.05) is 5.16 Å². The third-order valence-electron chi connectivity index (χ3n) is 1.22. The largest absolute Gasteiger partial charge is 0.452 e. The number of methoxy groups -OCH3 is 1. The number of likely N-dealkylation sites (N-methyl/N-ethyl adjacent to an activating group) is 1. The summed E-state index contributed by atoms with van der Waals surface area (Å²) in [6, 6.07) is 0. The minimum Gasteiger partial charge on any atom is -0.452 e. The Morgan fingerprint density at radius 3 is 3.00 bits per heavy atom. The molecular weight excluding hydrogens is 146 g/mol. The molecular formula is C6H11N3O2. The molecule has 0 fully saturated rings. The van der Waals surface area contributed by atoms with Gasteiger partial charge >= 0.3 is 6.08 Å². The third kappa shape index (κ3) is 2.19. The van der Waals surface area contributed by atoms with E-state index in [1.807, 2.05) is 7.05 Å². The van der Waals surface area contributed by atoms with Crippen LogP contribution >= 0.6 is 0 Å². The summed E-state index contributed by atoms with van der Waals surface area (Å²) in [5, 5.41) is 6.65. The quantitative estimate of drug-likeness (QED) is 0.658. The predicted octanol–water partition coefficient (Wildman–Crippen LogP) is -0.160. The molecule has 0 aliphatic heterocycles. The zero-order valence-corrected chi connectivity index (χ0v) is 6.63. The van der Waals surface area contributed by atoms with Crippen molar-refractivity contribution in [3.8, 4) is 6.08 Å². The van der Waals surface area contributed by atoms with E-state index in [0.717, 1.165) is 13.0 Å². The van der Waals surface area contributed by atoms with Crippen molar-refractivity contribution in [1.82, 2.24) is 15.5 Å². The van der Waals surface area contributed by atoms with E-state index in [9.17, 15) is 0 Å². The van der Waals surface area contributed by atoms with Gasteiger partial charge < -0.3 is 10.1 Å². The van der Waals surface area contributed by atoms with Gasteiger partial charge in [0, 0.05) is 13.0 Å². The standard InChI is InChI=1S/C6H11N3O2/c1-7-4-3-5-8-6(10-2)11-9-5/h7H,3-4H2,1-2H3. The molecule has 0 amide bonds. The Morgan fingerprint density at radius 2 is 2.45 bits per heavy atom. The molecule has 0 aliphatic rings. The zero-order valence-electron chi connectivity index (χ0n) is 6.63. The van der Waals surface area contributed by atoms with Gasteiger partial charge in [-0.2, -0.15) is 4.98 Å². The topological polar surface area (TPSA) is 60.2 Å². The highest BCUT2D eigenvalue weighted by Gasteiger charge is 2.03. The molecule has 5 nitrogen and oxygen atoms in total. The van der Waals surface area contributed by atoms with E-state index in [-0.39, 0.29) is 6.08 Å².